The van der Waals surface area contributed by atoms with E-state index in [0.29, 0.717) is 45.1 Å². The summed E-state index contributed by atoms with van der Waals surface area (Å²) < 4.78 is 0. The Labute approximate surface area is 190 Å². The molecule has 164 valence electrons. The monoisotopic (exact) mass is 459 g/mol. The molecule has 5 rings (SSSR count). The largest absolute Gasteiger partial charge is 0.383 e. The minimum Gasteiger partial charge on any atom is -0.383 e. The second kappa shape index (κ2) is 7.51. The molecule has 1 spiro atoms. The zero-order valence-corrected chi connectivity index (χ0v) is 18.7. The number of pyridine rings is 1. The van der Waals surface area contributed by atoms with E-state index in [9.17, 15) is 5.11 Å². The lowest BCUT2D eigenvalue weighted by molar-refractivity contribution is 0.145. The van der Waals surface area contributed by atoms with Crippen molar-refractivity contribution < 1.29 is 5.11 Å². The summed E-state index contributed by atoms with van der Waals surface area (Å²) in [5.74, 6) is 1.23. The lowest BCUT2D eigenvalue weighted by atomic mass is 9.73. The molecule has 0 aromatic carbocycles. The summed E-state index contributed by atoms with van der Waals surface area (Å²) in [6.45, 7) is 1.62. The predicted molar refractivity (Wildman–Crippen MR) is 123 cm³/mol. The second-order valence-corrected chi connectivity index (χ2v) is 10.1. The fourth-order valence-electron chi connectivity index (χ4n) is 4.50. The Morgan fingerprint density at radius 2 is 1.87 bits per heavy atom. The number of anilines is 3. The van der Waals surface area contributed by atoms with Gasteiger partial charge in [0.25, 0.3) is 0 Å². The Balaban J connectivity index is 1.45. The minimum absolute atomic E-state index is 0.106. The fraction of sp³-hybridized carbons (Fsp3) is 0.476. The number of nitrogens with two attached hydrogens (primary N) is 3. The smallest absolute Gasteiger partial charge is 0.158 e. The van der Waals surface area contributed by atoms with Gasteiger partial charge in [-0.15, -0.1) is 0 Å². The number of hydrogen-bond donors (Lipinski definition) is 4. The maximum Gasteiger partial charge on any atom is 0.158 e. The zero-order valence-electron chi connectivity index (χ0n) is 17.1. The van der Waals surface area contributed by atoms with E-state index in [-0.39, 0.29) is 17.3 Å². The Morgan fingerprint density at radius 3 is 2.52 bits per heavy atom. The van der Waals surface area contributed by atoms with Gasteiger partial charge in [-0.05, 0) is 43.6 Å². The van der Waals surface area contributed by atoms with Gasteiger partial charge in [0, 0.05) is 30.2 Å². The van der Waals surface area contributed by atoms with E-state index in [2.05, 4.69) is 22.0 Å². The van der Waals surface area contributed by atoms with Crippen LogP contribution in [0.5, 0.6) is 0 Å². The van der Waals surface area contributed by atoms with Gasteiger partial charge in [-0.25, -0.2) is 15.0 Å². The van der Waals surface area contributed by atoms with Crippen LogP contribution in [0.1, 0.15) is 37.8 Å². The number of rotatable bonds is 4. The summed E-state index contributed by atoms with van der Waals surface area (Å²) in [6, 6.07) is 1.86. The number of allylic oxidation sites excluding steroid dienone is 1. The molecule has 0 bridgehead atoms. The highest BCUT2D eigenvalue weighted by atomic mass is 35.5. The second-order valence-electron chi connectivity index (χ2n) is 8.74. The molecule has 1 saturated heterocycles. The van der Waals surface area contributed by atoms with E-state index in [4.69, 9.17) is 38.8 Å². The molecule has 1 atom stereocenters. The maximum atomic E-state index is 11.0. The van der Waals surface area contributed by atoms with Gasteiger partial charge in [-0.3, -0.25) is 0 Å². The van der Waals surface area contributed by atoms with Gasteiger partial charge in [0.1, 0.15) is 22.1 Å². The van der Waals surface area contributed by atoms with Crippen LogP contribution in [0.2, 0.25) is 5.02 Å². The van der Waals surface area contributed by atoms with Crippen molar-refractivity contribution in [1.82, 2.24) is 15.0 Å². The van der Waals surface area contributed by atoms with E-state index in [1.165, 1.54) is 11.8 Å². The average molecular weight is 460 g/mol. The highest BCUT2D eigenvalue weighted by Gasteiger charge is 2.48. The van der Waals surface area contributed by atoms with Crippen LogP contribution >= 0.6 is 23.4 Å². The molecule has 31 heavy (non-hydrogen) atoms. The average Bonchev–Trinajstić information content (AvgIpc) is 3.41. The van der Waals surface area contributed by atoms with Crippen molar-refractivity contribution in [2.75, 3.05) is 29.5 Å². The third kappa shape index (κ3) is 3.63. The summed E-state index contributed by atoms with van der Waals surface area (Å²) in [5, 5.41) is 11.8. The number of aromatic nitrogens is 3. The molecule has 0 unspecified atom stereocenters. The van der Waals surface area contributed by atoms with E-state index in [0.717, 1.165) is 32.4 Å². The van der Waals surface area contributed by atoms with Crippen molar-refractivity contribution in [3.05, 3.63) is 35.1 Å². The van der Waals surface area contributed by atoms with Crippen LogP contribution in [0, 0.1) is 5.41 Å². The van der Waals surface area contributed by atoms with Gasteiger partial charge in [-0.1, -0.05) is 35.5 Å². The van der Waals surface area contributed by atoms with Gasteiger partial charge in [0.05, 0.1) is 5.02 Å². The van der Waals surface area contributed by atoms with Gasteiger partial charge < -0.3 is 27.2 Å². The van der Waals surface area contributed by atoms with Gasteiger partial charge in [-0.2, -0.15) is 0 Å². The first-order valence-electron chi connectivity index (χ1n) is 10.5. The van der Waals surface area contributed by atoms with Crippen LogP contribution in [0.3, 0.4) is 0 Å². The Hall–Kier alpha value is -2.07. The van der Waals surface area contributed by atoms with Crippen LogP contribution in [-0.2, 0) is 5.60 Å². The predicted octanol–water partition coefficient (Wildman–Crippen LogP) is 2.70. The summed E-state index contributed by atoms with van der Waals surface area (Å²) >= 11 is 7.57. The zero-order chi connectivity index (χ0) is 21.8. The third-order valence-corrected chi connectivity index (χ3v) is 8.32. The molecule has 2 aliphatic carbocycles. The van der Waals surface area contributed by atoms with Gasteiger partial charge in [0.2, 0.25) is 0 Å². The highest BCUT2D eigenvalue weighted by molar-refractivity contribution is 7.99. The maximum absolute atomic E-state index is 11.0. The van der Waals surface area contributed by atoms with Crippen molar-refractivity contribution >= 4 is 40.8 Å². The third-order valence-electron chi connectivity index (χ3n) is 6.76. The molecule has 10 heteroatoms. The summed E-state index contributed by atoms with van der Waals surface area (Å²) in [7, 11) is 0. The van der Waals surface area contributed by atoms with Crippen LogP contribution < -0.4 is 22.1 Å². The minimum atomic E-state index is -0.952. The number of halogens is 1. The van der Waals surface area contributed by atoms with Crippen molar-refractivity contribution in [3.8, 4) is 0 Å². The summed E-state index contributed by atoms with van der Waals surface area (Å²) in [4.78, 5) is 16.4. The molecule has 1 aliphatic heterocycles. The fourth-order valence-corrected chi connectivity index (χ4v) is 5.55. The first-order chi connectivity index (χ1) is 14.8. The van der Waals surface area contributed by atoms with Crippen LogP contribution in [0.15, 0.2) is 34.3 Å². The molecule has 2 aromatic rings. The van der Waals surface area contributed by atoms with E-state index >= 15 is 0 Å². The molecule has 2 aromatic heterocycles. The quantitative estimate of drug-likeness (QED) is 0.507. The molecular formula is C21H26ClN7OS. The molecule has 2 fully saturated rings. The lowest BCUT2D eigenvalue weighted by Crippen LogP contribution is -2.47. The van der Waals surface area contributed by atoms with E-state index < -0.39 is 5.60 Å². The Bertz CT molecular complexity index is 1050. The number of hydrogen-bond acceptors (Lipinski definition) is 9. The van der Waals surface area contributed by atoms with Crippen LogP contribution in [0.25, 0.3) is 0 Å². The lowest BCUT2D eigenvalue weighted by Gasteiger charge is -2.43. The molecule has 0 radical (unpaired) electrons. The molecule has 0 amide bonds. The summed E-state index contributed by atoms with van der Waals surface area (Å²) in [5.41, 5.74) is 18.3. The normalized spacial score (nSPS) is 23.5. The number of piperidine rings is 1. The highest BCUT2D eigenvalue weighted by Crippen LogP contribution is 2.50. The molecular weight excluding hydrogens is 434 g/mol. The van der Waals surface area contributed by atoms with Crippen molar-refractivity contribution in [2.24, 2.45) is 11.1 Å². The van der Waals surface area contributed by atoms with E-state index in [1.807, 2.05) is 0 Å². The summed E-state index contributed by atoms with van der Waals surface area (Å²) in [6.07, 6.45) is 10.2. The van der Waals surface area contributed by atoms with Crippen LogP contribution in [0.4, 0.5) is 17.5 Å². The molecule has 1 saturated carbocycles. The topological polar surface area (TPSA) is 140 Å². The first-order valence-corrected chi connectivity index (χ1v) is 11.7. The number of aliphatic hydroxyl groups is 1. The molecule has 7 N–H and O–H groups in total. The van der Waals surface area contributed by atoms with Crippen molar-refractivity contribution in [2.45, 2.75) is 53.7 Å². The van der Waals surface area contributed by atoms with Crippen LogP contribution in [-0.4, -0.2) is 39.2 Å². The van der Waals surface area contributed by atoms with Crippen molar-refractivity contribution in [3.63, 3.8) is 0 Å². The van der Waals surface area contributed by atoms with E-state index in [1.54, 1.807) is 12.3 Å². The Kier molecular flexibility index (Phi) is 5.04. The molecule has 8 nitrogen and oxygen atoms in total. The molecule has 3 aliphatic rings. The van der Waals surface area contributed by atoms with Gasteiger partial charge in [0.15, 0.2) is 11.6 Å². The Morgan fingerprint density at radius 1 is 1.13 bits per heavy atom. The van der Waals surface area contributed by atoms with Crippen molar-refractivity contribution in [1.29, 1.82) is 0 Å². The number of nitrogens with zero attached hydrogens (tertiary/aromatic N) is 4. The standard InChI is InChI=1S/C21H26ClN7OS/c22-14-12(3-9-26-16(14)24)31-19-17(25)28-18(15(27-19)21(30)5-6-21)29-10-7-20(8-11-29)4-1-2-13(20)23/h1-3,9,13,30H,4-8,10-11,23H2,(H2,24,26)(H2,25,28)/t13-/m1/s1. The SMILES string of the molecule is Nc1nc(N2CCC3(CC=C[C@H]3N)CC2)c(C2(O)CC2)nc1Sc1ccnc(N)c1Cl. The molecule has 3 heterocycles. The first kappa shape index (κ1) is 20.8. The number of nitrogen functional groups attached to an aromatic ring is 2. The van der Waals surface area contributed by atoms with Gasteiger partial charge >= 0.3 is 0 Å².